The minimum atomic E-state index is -0.161. The van der Waals surface area contributed by atoms with E-state index in [4.69, 9.17) is 15.2 Å². The van der Waals surface area contributed by atoms with Crippen molar-refractivity contribution >= 4 is 11.4 Å². The van der Waals surface area contributed by atoms with Gasteiger partial charge in [-0.05, 0) is 26.0 Å². The highest BCUT2D eigenvalue weighted by Crippen LogP contribution is 2.34. The van der Waals surface area contributed by atoms with Gasteiger partial charge < -0.3 is 25.2 Å². The van der Waals surface area contributed by atoms with Crippen LogP contribution in [0.2, 0.25) is 0 Å². The molecule has 2 unspecified atom stereocenters. The van der Waals surface area contributed by atoms with Crippen LogP contribution in [-0.4, -0.2) is 43.6 Å². The lowest BCUT2D eigenvalue weighted by molar-refractivity contribution is -0.0102. The van der Waals surface area contributed by atoms with E-state index < -0.39 is 0 Å². The zero-order valence-electron chi connectivity index (χ0n) is 11.5. The molecule has 0 bridgehead atoms. The molecule has 0 aromatic heterocycles. The summed E-state index contributed by atoms with van der Waals surface area (Å²) in [5.41, 5.74) is 7.77. The molecule has 5 heteroatoms. The third-order valence-corrected chi connectivity index (χ3v) is 3.36. The van der Waals surface area contributed by atoms with E-state index in [1.165, 1.54) is 0 Å². The summed E-state index contributed by atoms with van der Waals surface area (Å²) in [5, 5.41) is 9.24. The number of aliphatic hydroxyl groups is 1. The third-order valence-electron chi connectivity index (χ3n) is 3.36. The van der Waals surface area contributed by atoms with Crippen molar-refractivity contribution < 1.29 is 14.6 Å². The first-order valence-electron chi connectivity index (χ1n) is 6.67. The average Bonchev–Trinajstić information content (AvgIpc) is 2.42. The summed E-state index contributed by atoms with van der Waals surface area (Å²) in [6.45, 7) is 5.85. The van der Waals surface area contributed by atoms with Crippen molar-refractivity contribution in [3.8, 4) is 5.75 Å². The van der Waals surface area contributed by atoms with Crippen molar-refractivity contribution in [2.45, 2.75) is 26.0 Å². The van der Waals surface area contributed by atoms with Crippen LogP contribution < -0.4 is 15.4 Å². The Kier molecular flexibility index (Phi) is 4.50. The molecular formula is C14H22N2O3. The van der Waals surface area contributed by atoms with Crippen LogP contribution in [0, 0.1) is 0 Å². The fraction of sp³-hybridized carbons (Fsp3) is 0.571. The molecule has 0 aliphatic carbocycles. The number of morpholine rings is 1. The number of ether oxygens (including phenoxy) is 2. The fourth-order valence-corrected chi connectivity index (χ4v) is 2.33. The van der Waals surface area contributed by atoms with E-state index in [2.05, 4.69) is 11.8 Å². The highest BCUT2D eigenvalue weighted by atomic mass is 16.5. The van der Waals surface area contributed by atoms with Crippen molar-refractivity contribution in [1.29, 1.82) is 0 Å². The Balaban J connectivity index is 2.26. The second kappa shape index (κ2) is 6.12. The molecule has 1 aliphatic rings. The summed E-state index contributed by atoms with van der Waals surface area (Å²) >= 11 is 0. The number of hydrogen-bond donors (Lipinski definition) is 2. The van der Waals surface area contributed by atoms with Crippen LogP contribution >= 0.6 is 0 Å². The Hall–Kier alpha value is -1.46. The van der Waals surface area contributed by atoms with Crippen molar-refractivity contribution in [2.75, 3.05) is 37.0 Å². The first-order chi connectivity index (χ1) is 9.17. The van der Waals surface area contributed by atoms with Crippen LogP contribution in [0.4, 0.5) is 11.4 Å². The highest BCUT2D eigenvalue weighted by Gasteiger charge is 2.27. The van der Waals surface area contributed by atoms with Gasteiger partial charge in [-0.25, -0.2) is 0 Å². The summed E-state index contributed by atoms with van der Waals surface area (Å²) in [5.74, 6) is 0.708. The topological polar surface area (TPSA) is 68.0 Å². The Morgan fingerprint density at radius 2 is 2.32 bits per heavy atom. The second-order valence-corrected chi connectivity index (χ2v) is 4.76. The quantitative estimate of drug-likeness (QED) is 0.803. The Labute approximate surface area is 113 Å². The molecule has 0 radical (unpaired) electrons. The SMILES string of the molecule is CCOc1cccc(N2CC(CO)OCC2C)c1N. The minimum Gasteiger partial charge on any atom is -0.492 e. The fourth-order valence-electron chi connectivity index (χ4n) is 2.33. The van der Waals surface area contributed by atoms with Crippen LogP contribution in [-0.2, 0) is 4.74 Å². The highest BCUT2D eigenvalue weighted by molar-refractivity contribution is 5.74. The summed E-state index contributed by atoms with van der Waals surface area (Å²) in [7, 11) is 0. The number of rotatable bonds is 4. The Bertz CT molecular complexity index is 425. The van der Waals surface area contributed by atoms with Gasteiger partial charge in [0.1, 0.15) is 5.75 Å². The number of nitrogens with two attached hydrogens (primary N) is 1. The van der Waals surface area contributed by atoms with Gasteiger partial charge in [0.05, 0.1) is 37.3 Å². The summed E-state index contributed by atoms with van der Waals surface area (Å²) in [4.78, 5) is 2.17. The molecule has 0 spiro atoms. The molecule has 1 aliphatic heterocycles. The predicted octanol–water partition coefficient (Wildman–Crippen LogP) is 1.25. The molecule has 0 amide bonds. The zero-order valence-corrected chi connectivity index (χ0v) is 11.5. The molecule has 2 atom stereocenters. The van der Waals surface area contributed by atoms with Gasteiger partial charge >= 0.3 is 0 Å². The zero-order chi connectivity index (χ0) is 13.8. The summed E-state index contributed by atoms with van der Waals surface area (Å²) in [6.07, 6.45) is -0.161. The van der Waals surface area contributed by atoms with Gasteiger partial charge in [-0.2, -0.15) is 0 Å². The van der Waals surface area contributed by atoms with Gasteiger partial charge in [0.25, 0.3) is 0 Å². The monoisotopic (exact) mass is 266 g/mol. The van der Waals surface area contributed by atoms with Gasteiger partial charge in [0, 0.05) is 12.6 Å². The first-order valence-corrected chi connectivity index (χ1v) is 6.67. The van der Waals surface area contributed by atoms with Crippen LogP contribution in [0.1, 0.15) is 13.8 Å². The molecule has 106 valence electrons. The molecule has 1 aromatic rings. The number of benzene rings is 1. The van der Waals surface area contributed by atoms with Crippen LogP contribution in [0.3, 0.4) is 0 Å². The number of aliphatic hydroxyl groups excluding tert-OH is 1. The van der Waals surface area contributed by atoms with Crippen molar-refractivity contribution in [3.63, 3.8) is 0 Å². The third kappa shape index (κ3) is 2.93. The maximum absolute atomic E-state index is 9.24. The maximum Gasteiger partial charge on any atom is 0.144 e. The number of para-hydroxylation sites is 1. The van der Waals surface area contributed by atoms with E-state index in [0.717, 1.165) is 5.69 Å². The van der Waals surface area contributed by atoms with Gasteiger partial charge in [-0.1, -0.05) is 6.07 Å². The number of hydrogen-bond acceptors (Lipinski definition) is 5. The van der Waals surface area contributed by atoms with E-state index in [1.807, 2.05) is 25.1 Å². The number of anilines is 2. The van der Waals surface area contributed by atoms with E-state index in [0.29, 0.717) is 31.2 Å². The van der Waals surface area contributed by atoms with Gasteiger partial charge in [-0.15, -0.1) is 0 Å². The van der Waals surface area contributed by atoms with Crippen molar-refractivity contribution in [3.05, 3.63) is 18.2 Å². The van der Waals surface area contributed by atoms with Gasteiger partial charge in [0.15, 0.2) is 0 Å². The van der Waals surface area contributed by atoms with E-state index >= 15 is 0 Å². The normalized spacial score (nSPS) is 23.4. The molecular weight excluding hydrogens is 244 g/mol. The number of nitrogen functional groups attached to an aromatic ring is 1. The van der Waals surface area contributed by atoms with Gasteiger partial charge in [0.2, 0.25) is 0 Å². The van der Waals surface area contributed by atoms with E-state index in [9.17, 15) is 5.11 Å². The van der Waals surface area contributed by atoms with Crippen LogP contribution in [0.25, 0.3) is 0 Å². The lowest BCUT2D eigenvalue weighted by atomic mass is 10.1. The second-order valence-electron chi connectivity index (χ2n) is 4.76. The molecule has 5 nitrogen and oxygen atoms in total. The van der Waals surface area contributed by atoms with Crippen LogP contribution in [0.15, 0.2) is 18.2 Å². The lowest BCUT2D eigenvalue weighted by Crippen LogP contribution is -2.49. The Morgan fingerprint density at radius 3 is 3.00 bits per heavy atom. The molecule has 2 rings (SSSR count). The van der Waals surface area contributed by atoms with E-state index in [-0.39, 0.29) is 18.8 Å². The van der Waals surface area contributed by atoms with E-state index in [1.54, 1.807) is 0 Å². The lowest BCUT2D eigenvalue weighted by Gasteiger charge is -2.39. The largest absolute Gasteiger partial charge is 0.492 e. The predicted molar refractivity (Wildman–Crippen MR) is 75.7 cm³/mol. The summed E-state index contributed by atoms with van der Waals surface area (Å²) in [6, 6.07) is 6.01. The number of nitrogens with zero attached hydrogens (tertiary/aromatic N) is 1. The molecule has 3 N–H and O–H groups in total. The Morgan fingerprint density at radius 1 is 1.53 bits per heavy atom. The standard InChI is InChI=1S/C14H22N2O3/c1-3-18-13-6-4-5-12(14(13)15)16-7-11(8-17)19-9-10(16)2/h4-6,10-11,17H,3,7-9,15H2,1-2H3. The molecule has 1 fully saturated rings. The summed E-state index contributed by atoms with van der Waals surface area (Å²) < 4.78 is 11.1. The van der Waals surface area contributed by atoms with Crippen molar-refractivity contribution in [1.82, 2.24) is 0 Å². The van der Waals surface area contributed by atoms with Crippen LogP contribution in [0.5, 0.6) is 5.75 Å². The molecule has 19 heavy (non-hydrogen) atoms. The smallest absolute Gasteiger partial charge is 0.144 e. The van der Waals surface area contributed by atoms with Crippen molar-refractivity contribution in [2.24, 2.45) is 0 Å². The average molecular weight is 266 g/mol. The maximum atomic E-state index is 9.24. The molecule has 1 saturated heterocycles. The van der Waals surface area contributed by atoms with Gasteiger partial charge in [-0.3, -0.25) is 0 Å². The minimum absolute atomic E-state index is 0.0221. The molecule has 0 saturated carbocycles. The first kappa shape index (κ1) is 14.0. The molecule has 1 heterocycles. The molecule has 1 aromatic carbocycles.